The summed E-state index contributed by atoms with van der Waals surface area (Å²) < 4.78 is 170. The van der Waals surface area contributed by atoms with Gasteiger partial charge in [0.05, 0.1) is 22.3 Å². The van der Waals surface area contributed by atoms with Crippen molar-refractivity contribution in [1.29, 1.82) is 0 Å². The van der Waals surface area contributed by atoms with Crippen LogP contribution in [0, 0.1) is 0 Å². The molecule has 0 aliphatic rings. The van der Waals surface area contributed by atoms with Crippen molar-refractivity contribution >= 4 is 0 Å². The number of benzene rings is 4. The average Bonchev–Trinajstić information content (AvgIpc) is 3.37. The molecule has 0 saturated heterocycles. The number of hydrogen-bond donors (Lipinski definition) is 0. The molecule has 0 aliphatic heterocycles. The third-order valence-electron chi connectivity index (χ3n) is 6.77. The van der Waals surface area contributed by atoms with Crippen LogP contribution >= 0.6 is 0 Å². The molecule has 0 amide bonds. The van der Waals surface area contributed by atoms with E-state index in [9.17, 15) is 52.7 Å². The van der Waals surface area contributed by atoms with Crippen molar-refractivity contribution in [2.24, 2.45) is 0 Å². The third kappa shape index (κ3) is 6.57. The zero-order chi connectivity index (χ0) is 32.9. The maximum atomic E-state index is 13.7. The zero-order valence-corrected chi connectivity index (χ0v) is 22.2. The summed E-state index contributed by atoms with van der Waals surface area (Å²) in [4.78, 5) is 0. The predicted octanol–water partition coefficient (Wildman–Crippen LogP) is 12.0. The number of rotatable bonds is 4. The summed E-state index contributed by atoms with van der Waals surface area (Å²) in [6, 6.07) is 13.7. The standard InChI is InChI=1S/C32H16F12O/c33-29(34,35)21-9-1-5-17(13-21)25-26(18-6-2-10-22(14-18)30(36,37)38)28(20-8-4-12-24(16-20)32(42,43)44)45-27(25)19-7-3-11-23(15-19)31(39,40)41/h1-16H. The monoisotopic (exact) mass is 644 g/mol. The van der Waals surface area contributed by atoms with E-state index in [0.29, 0.717) is 48.5 Å². The third-order valence-corrected chi connectivity index (χ3v) is 6.77. The zero-order valence-electron chi connectivity index (χ0n) is 22.2. The van der Waals surface area contributed by atoms with Gasteiger partial charge in [0.15, 0.2) is 0 Å². The Hall–Kier alpha value is -4.68. The fourth-order valence-corrected chi connectivity index (χ4v) is 4.76. The highest BCUT2D eigenvalue weighted by Gasteiger charge is 2.36. The molecule has 1 aromatic heterocycles. The summed E-state index contributed by atoms with van der Waals surface area (Å²) in [5.74, 6) is -1.03. The molecular weight excluding hydrogens is 628 g/mol. The molecule has 1 nitrogen and oxygen atoms in total. The van der Waals surface area contributed by atoms with Crippen LogP contribution in [0.25, 0.3) is 44.9 Å². The molecule has 0 N–H and O–H groups in total. The number of furan rings is 1. The number of alkyl halides is 12. The molecule has 0 atom stereocenters. The Kier molecular flexibility index (Phi) is 7.79. The largest absolute Gasteiger partial charge is 0.455 e. The summed E-state index contributed by atoms with van der Waals surface area (Å²) in [5, 5.41) is 0. The molecule has 45 heavy (non-hydrogen) atoms. The Morgan fingerprint density at radius 3 is 0.844 bits per heavy atom. The summed E-state index contributed by atoms with van der Waals surface area (Å²) in [6.07, 6.45) is -19.6. The second-order valence-electron chi connectivity index (χ2n) is 9.82. The predicted molar refractivity (Wildman–Crippen MR) is 140 cm³/mol. The minimum absolute atomic E-state index is 0.327. The van der Waals surface area contributed by atoms with Crippen molar-refractivity contribution in [3.63, 3.8) is 0 Å². The summed E-state index contributed by atoms with van der Waals surface area (Å²) in [6.45, 7) is 0. The number of hydrogen-bond acceptors (Lipinski definition) is 1. The van der Waals surface area contributed by atoms with E-state index in [2.05, 4.69) is 0 Å². The van der Waals surface area contributed by atoms with Crippen LogP contribution in [0.2, 0.25) is 0 Å². The van der Waals surface area contributed by atoms with Crippen molar-refractivity contribution in [3.8, 4) is 44.9 Å². The molecule has 0 radical (unpaired) electrons. The molecule has 0 fully saturated rings. The molecule has 0 spiro atoms. The van der Waals surface area contributed by atoms with Gasteiger partial charge in [0.2, 0.25) is 0 Å². The SMILES string of the molecule is FC(F)(F)c1cccc(-c2oc(-c3cccc(C(F)(F)F)c3)c(-c3cccc(C(F)(F)F)c3)c2-c2cccc(C(F)(F)F)c2)c1. The van der Waals surface area contributed by atoms with Crippen LogP contribution in [0.1, 0.15) is 22.3 Å². The van der Waals surface area contributed by atoms with Crippen LogP contribution in [0.5, 0.6) is 0 Å². The first kappa shape index (κ1) is 31.7. The average molecular weight is 644 g/mol. The highest BCUT2D eigenvalue weighted by Crippen LogP contribution is 2.50. The van der Waals surface area contributed by atoms with Gasteiger partial charge in [0, 0.05) is 22.3 Å². The topological polar surface area (TPSA) is 13.1 Å². The van der Waals surface area contributed by atoms with Gasteiger partial charge in [0.1, 0.15) is 11.5 Å². The van der Waals surface area contributed by atoms with E-state index in [4.69, 9.17) is 4.42 Å². The Labute approximate surface area is 246 Å². The van der Waals surface area contributed by atoms with Gasteiger partial charge in [-0.25, -0.2) is 0 Å². The van der Waals surface area contributed by atoms with E-state index in [-0.39, 0.29) is 33.4 Å². The van der Waals surface area contributed by atoms with Crippen LogP contribution in [0.4, 0.5) is 52.7 Å². The van der Waals surface area contributed by atoms with Gasteiger partial charge in [0.25, 0.3) is 0 Å². The lowest BCUT2D eigenvalue weighted by Crippen LogP contribution is -2.05. The van der Waals surface area contributed by atoms with Crippen LogP contribution in [-0.2, 0) is 24.7 Å². The normalized spacial score (nSPS) is 12.9. The van der Waals surface area contributed by atoms with Gasteiger partial charge >= 0.3 is 24.7 Å². The molecule has 234 valence electrons. The van der Waals surface area contributed by atoms with Gasteiger partial charge in [-0.2, -0.15) is 52.7 Å². The van der Waals surface area contributed by atoms with Gasteiger partial charge < -0.3 is 4.42 Å². The van der Waals surface area contributed by atoms with E-state index in [1.165, 1.54) is 0 Å². The van der Waals surface area contributed by atoms with E-state index < -0.39 is 58.5 Å². The molecule has 4 aromatic carbocycles. The van der Waals surface area contributed by atoms with E-state index in [1.807, 2.05) is 0 Å². The molecule has 0 aliphatic carbocycles. The lowest BCUT2D eigenvalue weighted by molar-refractivity contribution is -0.138. The van der Waals surface area contributed by atoms with E-state index in [0.717, 1.165) is 48.5 Å². The van der Waals surface area contributed by atoms with Crippen LogP contribution in [0.3, 0.4) is 0 Å². The molecule has 5 rings (SSSR count). The van der Waals surface area contributed by atoms with Gasteiger partial charge in [-0.1, -0.05) is 48.5 Å². The van der Waals surface area contributed by atoms with Crippen LogP contribution in [0.15, 0.2) is 101 Å². The Bertz CT molecular complexity index is 1720. The Balaban J connectivity index is 1.94. The second-order valence-corrected chi connectivity index (χ2v) is 9.82. The van der Waals surface area contributed by atoms with E-state index >= 15 is 0 Å². The Morgan fingerprint density at radius 2 is 0.578 bits per heavy atom. The minimum atomic E-state index is -4.91. The number of halogens is 12. The molecule has 1 heterocycles. The maximum absolute atomic E-state index is 13.7. The molecule has 0 saturated carbocycles. The highest BCUT2D eigenvalue weighted by atomic mass is 19.4. The lowest BCUT2D eigenvalue weighted by atomic mass is 9.89. The Morgan fingerprint density at radius 1 is 0.333 bits per heavy atom. The summed E-state index contributed by atoms with van der Waals surface area (Å²) in [7, 11) is 0. The van der Waals surface area contributed by atoms with Crippen LogP contribution < -0.4 is 0 Å². The van der Waals surface area contributed by atoms with Crippen molar-refractivity contribution in [1.82, 2.24) is 0 Å². The van der Waals surface area contributed by atoms with Crippen molar-refractivity contribution in [2.45, 2.75) is 24.7 Å². The lowest BCUT2D eigenvalue weighted by Gasteiger charge is -2.14. The van der Waals surface area contributed by atoms with Crippen molar-refractivity contribution in [3.05, 3.63) is 119 Å². The molecular formula is C32H16F12O. The van der Waals surface area contributed by atoms with Crippen molar-refractivity contribution < 1.29 is 57.1 Å². The molecule has 0 unspecified atom stereocenters. The first-order valence-corrected chi connectivity index (χ1v) is 12.7. The smallest absolute Gasteiger partial charge is 0.416 e. The van der Waals surface area contributed by atoms with Crippen LogP contribution in [-0.4, -0.2) is 0 Å². The minimum Gasteiger partial charge on any atom is -0.455 e. The quantitative estimate of drug-likeness (QED) is 0.178. The molecule has 13 heteroatoms. The second kappa shape index (κ2) is 11.0. The molecule has 0 bridgehead atoms. The summed E-state index contributed by atoms with van der Waals surface area (Å²) >= 11 is 0. The maximum Gasteiger partial charge on any atom is 0.416 e. The highest BCUT2D eigenvalue weighted by molar-refractivity contribution is 5.99. The van der Waals surface area contributed by atoms with E-state index in [1.54, 1.807) is 0 Å². The first-order chi connectivity index (χ1) is 20.8. The van der Waals surface area contributed by atoms with Gasteiger partial charge in [-0.05, 0) is 59.7 Å². The fourth-order valence-electron chi connectivity index (χ4n) is 4.76. The summed E-state index contributed by atoms with van der Waals surface area (Å²) in [5.41, 5.74) is -6.86. The first-order valence-electron chi connectivity index (χ1n) is 12.7. The fraction of sp³-hybridized carbons (Fsp3) is 0.125. The molecule has 5 aromatic rings. The van der Waals surface area contributed by atoms with Crippen molar-refractivity contribution in [2.75, 3.05) is 0 Å². The van der Waals surface area contributed by atoms with Gasteiger partial charge in [-0.15, -0.1) is 0 Å². The van der Waals surface area contributed by atoms with Gasteiger partial charge in [-0.3, -0.25) is 0 Å².